The first-order chi connectivity index (χ1) is 9.43. The van der Waals surface area contributed by atoms with E-state index in [9.17, 15) is 13.2 Å². The maximum Gasteiger partial charge on any atom is 0.349 e. The van der Waals surface area contributed by atoms with E-state index in [0.717, 1.165) is 24.2 Å². The molecule has 1 aliphatic heterocycles. The van der Waals surface area contributed by atoms with Gasteiger partial charge in [-0.3, -0.25) is 0 Å². The second-order valence-electron chi connectivity index (χ2n) is 4.72. The van der Waals surface area contributed by atoms with Crippen LogP contribution >= 0.6 is 23.7 Å². The molecule has 0 saturated carbocycles. The number of sulfonamides is 1. The molecule has 0 bridgehead atoms. The Bertz CT molecular complexity index is 615. The number of hydrogen-bond acceptors (Lipinski definition) is 6. The summed E-state index contributed by atoms with van der Waals surface area (Å²) < 4.78 is 31.7. The van der Waals surface area contributed by atoms with Crippen LogP contribution in [0.5, 0.6) is 0 Å². The van der Waals surface area contributed by atoms with Gasteiger partial charge in [-0.25, -0.2) is 13.2 Å². The molecule has 0 aromatic carbocycles. The SMILES string of the molecule is COC(=O)c1scc(C)c1S(=O)(=O)N1CCCC1CN.Cl. The zero-order valence-electron chi connectivity index (χ0n) is 11.9. The van der Waals surface area contributed by atoms with Gasteiger partial charge in [-0.2, -0.15) is 4.31 Å². The molecule has 1 aromatic rings. The molecule has 0 aliphatic carbocycles. The summed E-state index contributed by atoms with van der Waals surface area (Å²) in [6, 6.07) is -0.190. The van der Waals surface area contributed by atoms with Crippen LogP contribution in [0.25, 0.3) is 0 Å². The summed E-state index contributed by atoms with van der Waals surface area (Å²) in [4.78, 5) is 11.9. The van der Waals surface area contributed by atoms with E-state index >= 15 is 0 Å². The zero-order chi connectivity index (χ0) is 14.9. The minimum atomic E-state index is -3.71. The van der Waals surface area contributed by atoms with Crippen molar-refractivity contribution in [2.45, 2.75) is 30.7 Å². The molecule has 1 fully saturated rings. The van der Waals surface area contributed by atoms with Gasteiger partial charge in [-0.15, -0.1) is 23.7 Å². The molecule has 1 atom stereocenters. The maximum atomic E-state index is 12.8. The summed E-state index contributed by atoms with van der Waals surface area (Å²) in [6.45, 7) is 2.42. The number of ether oxygens (including phenoxy) is 1. The predicted octanol–water partition coefficient (Wildman–Crippen LogP) is 1.38. The minimum absolute atomic E-state index is 0. The number of carbonyl (C=O) groups is 1. The van der Waals surface area contributed by atoms with Crippen molar-refractivity contribution in [1.82, 2.24) is 4.31 Å². The Balaban J connectivity index is 0.00000220. The smallest absolute Gasteiger partial charge is 0.349 e. The van der Waals surface area contributed by atoms with Gasteiger partial charge >= 0.3 is 5.97 Å². The van der Waals surface area contributed by atoms with Gasteiger partial charge in [0.2, 0.25) is 10.0 Å². The van der Waals surface area contributed by atoms with Crippen molar-refractivity contribution in [2.75, 3.05) is 20.2 Å². The first-order valence-electron chi connectivity index (χ1n) is 6.31. The molecule has 1 saturated heterocycles. The number of methoxy groups -OCH3 is 1. The van der Waals surface area contributed by atoms with Crippen LogP contribution in [0.15, 0.2) is 10.3 Å². The van der Waals surface area contributed by atoms with Crippen LogP contribution in [-0.4, -0.2) is 44.9 Å². The summed E-state index contributed by atoms with van der Waals surface area (Å²) in [5, 5.41) is 1.66. The van der Waals surface area contributed by atoms with Gasteiger partial charge in [0.15, 0.2) is 0 Å². The molecular formula is C12H19ClN2O4S2. The molecular weight excluding hydrogens is 336 g/mol. The molecule has 120 valence electrons. The van der Waals surface area contributed by atoms with Crippen molar-refractivity contribution >= 4 is 39.7 Å². The monoisotopic (exact) mass is 354 g/mol. The normalized spacial score (nSPS) is 19.3. The lowest BCUT2D eigenvalue weighted by molar-refractivity contribution is 0.0602. The third kappa shape index (κ3) is 3.24. The fraction of sp³-hybridized carbons (Fsp3) is 0.583. The van der Waals surface area contributed by atoms with Gasteiger partial charge in [0, 0.05) is 19.1 Å². The Labute approximate surface area is 134 Å². The van der Waals surface area contributed by atoms with Crippen molar-refractivity contribution in [3.8, 4) is 0 Å². The highest BCUT2D eigenvalue weighted by molar-refractivity contribution is 7.89. The fourth-order valence-corrected chi connectivity index (χ4v) is 5.83. The lowest BCUT2D eigenvalue weighted by atomic mass is 10.2. The summed E-state index contributed by atoms with van der Waals surface area (Å²) in [5.41, 5.74) is 6.21. The maximum absolute atomic E-state index is 12.8. The zero-order valence-corrected chi connectivity index (χ0v) is 14.3. The number of aryl methyl sites for hydroxylation is 1. The van der Waals surface area contributed by atoms with Crippen molar-refractivity contribution in [1.29, 1.82) is 0 Å². The van der Waals surface area contributed by atoms with Crippen LogP contribution in [0.3, 0.4) is 0 Å². The van der Waals surface area contributed by atoms with Crippen molar-refractivity contribution < 1.29 is 17.9 Å². The Morgan fingerprint density at radius 2 is 2.24 bits per heavy atom. The van der Waals surface area contributed by atoms with E-state index in [2.05, 4.69) is 4.74 Å². The van der Waals surface area contributed by atoms with Crippen molar-refractivity contribution in [2.24, 2.45) is 5.73 Å². The molecule has 9 heteroatoms. The van der Waals surface area contributed by atoms with Gasteiger partial charge in [0.1, 0.15) is 9.77 Å². The highest BCUT2D eigenvalue weighted by atomic mass is 35.5. The Morgan fingerprint density at radius 1 is 1.57 bits per heavy atom. The molecule has 2 N–H and O–H groups in total. The molecule has 1 unspecified atom stereocenters. The molecule has 0 amide bonds. The van der Waals surface area contributed by atoms with Crippen molar-refractivity contribution in [3.05, 3.63) is 15.8 Å². The van der Waals surface area contributed by atoms with E-state index < -0.39 is 16.0 Å². The molecule has 0 spiro atoms. The van der Waals surface area contributed by atoms with E-state index in [0.29, 0.717) is 12.1 Å². The van der Waals surface area contributed by atoms with Gasteiger partial charge < -0.3 is 10.5 Å². The lowest BCUT2D eigenvalue weighted by Crippen LogP contribution is -2.40. The van der Waals surface area contributed by atoms with Crippen LogP contribution in [0, 0.1) is 6.92 Å². The molecule has 1 aliphatic rings. The van der Waals surface area contributed by atoms with E-state index in [1.165, 1.54) is 11.4 Å². The van der Waals surface area contributed by atoms with Crippen LogP contribution in [0.2, 0.25) is 0 Å². The van der Waals surface area contributed by atoms with Gasteiger partial charge in [-0.1, -0.05) is 0 Å². The number of thiophene rings is 1. The van der Waals surface area contributed by atoms with E-state index in [1.54, 1.807) is 12.3 Å². The highest BCUT2D eigenvalue weighted by Crippen LogP contribution is 2.33. The number of esters is 1. The molecule has 1 aromatic heterocycles. The molecule has 2 heterocycles. The van der Waals surface area contributed by atoms with Gasteiger partial charge in [-0.05, 0) is 30.7 Å². The standard InChI is InChI=1S/C12H18N2O4S2.ClH/c1-8-7-19-10(12(15)18-2)11(8)20(16,17)14-5-3-4-9(14)6-13;/h7,9H,3-6,13H2,1-2H3;1H. The van der Waals surface area contributed by atoms with E-state index in [-0.39, 0.29) is 34.8 Å². The average Bonchev–Trinajstić information content (AvgIpc) is 3.04. The first kappa shape index (κ1) is 18.4. The third-order valence-corrected chi connectivity index (χ3v) is 6.80. The topological polar surface area (TPSA) is 89.7 Å². The van der Waals surface area contributed by atoms with Gasteiger partial charge in [0.25, 0.3) is 0 Å². The first-order valence-corrected chi connectivity index (χ1v) is 8.63. The highest BCUT2D eigenvalue weighted by Gasteiger charge is 2.38. The quantitative estimate of drug-likeness (QED) is 0.825. The number of halogens is 1. The minimum Gasteiger partial charge on any atom is -0.465 e. The van der Waals surface area contributed by atoms with Crippen molar-refractivity contribution in [3.63, 3.8) is 0 Å². The molecule has 0 radical (unpaired) electrons. The number of rotatable bonds is 4. The summed E-state index contributed by atoms with van der Waals surface area (Å²) in [6.07, 6.45) is 1.55. The third-order valence-electron chi connectivity index (χ3n) is 3.45. The summed E-state index contributed by atoms with van der Waals surface area (Å²) in [7, 11) is -2.47. The molecule has 21 heavy (non-hydrogen) atoms. The Morgan fingerprint density at radius 3 is 2.81 bits per heavy atom. The summed E-state index contributed by atoms with van der Waals surface area (Å²) in [5.74, 6) is -0.620. The van der Waals surface area contributed by atoms with E-state index in [1.807, 2.05) is 0 Å². The second kappa shape index (κ2) is 7.06. The summed E-state index contributed by atoms with van der Waals surface area (Å²) >= 11 is 1.09. The number of hydrogen-bond donors (Lipinski definition) is 1. The number of nitrogens with zero attached hydrogens (tertiary/aromatic N) is 1. The van der Waals surface area contributed by atoms with Crippen LogP contribution in [0.1, 0.15) is 28.1 Å². The lowest BCUT2D eigenvalue weighted by Gasteiger charge is -2.23. The van der Waals surface area contributed by atoms with E-state index in [4.69, 9.17) is 5.73 Å². The molecule has 6 nitrogen and oxygen atoms in total. The predicted molar refractivity (Wildman–Crippen MR) is 83.6 cm³/mol. The van der Waals surface area contributed by atoms with Gasteiger partial charge in [0.05, 0.1) is 7.11 Å². The number of carbonyl (C=O) groups excluding carboxylic acids is 1. The Kier molecular flexibility index (Phi) is 6.18. The average molecular weight is 355 g/mol. The second-order valence-corrected chi connectivity index (χ2v) is 7.42. The molecule has 2 rings (SSSR count). The Hall–Kier alpha value is -0.670. The number of nitrogens with two attached hydrogens (primary N) is 1. The van der Waals surface area contributed by atoms with Crippen LogP contribution < -0.4 is 5.73 Å². The largest absolute Gasteiger partial charge is 0.465 e. The van der Waals surface area contributed by atoms with Crippen LogP contribution in [0.4, 0.5) is 0 Å². The van der Waals surface area contributed by atoms with Crippen LogP contribution in [-0.2, 0) is 14.8 Å². The fourth-order valence-electron chi connectivity index (χ4n) is 2.47.